The van der Waals surface area contributed by atoms with Gasteiger partial charge in [-0.2, -0.15) is 13.2 Å². The molecule has 1 aliphatic heterocycles. The van der Waals surface area contributed by atoms with Gasteiger partial charge in [0.1, 0.15) is 17.9 Å². The zero-order valence-corrected chi connectivity index (χ0v) is 18.4. The van der Waals surface area contributed by atoms with Gasteiger partial charge in [-0.3, -0.25) is 4.98 Å². The van der Waals surface area contributed by atoms with Crippen molar-refractivity contribution in [2.75, 3.05) is 19.8 Å². The zero-order chi connectivity index (χ0) is 24.3. The first-order chi connectivity index (χ1) is 16.2. The lowest BCUT2D eigenvalue weighted by Gasteiger charge is -2.28. The van der Waals surface area contributed by atoms with Crippen molar-refractivity contribution in [1.29, 1.82) is 0 Å². The minimum Gasteiger partial charge on any atom is -0.489 e. The summed E-state index contributed by atoms with van der Waals surface area (Å²) in [5.41, 5.74) is 4.92. The third-order valence-electron chi connectivity index (χ3n) is 5.64. The van der Waals surface area contributed by atoms with Gasteiger partial charge >= 0.3 is 12.1 Å². The summed E-state index contributed by atoms with van der Waals surface area (Å²) in [6, 6.07) is 12.2. The minimum absolute atomic E-state index is 0.0551. The van der Waals surface area contributed by atoms with Gasteiger partial charge in [0.2, 0.25) is 0 Å². The maximum Gasteiger partial charge on any atom is 0.422 e. The van der Waals surface area contributed by atoms with E-state index in [-0.39, 0.29) is 29.7 Å². The summed E-state index contributed by atoms with van der Waals surface area (Å²) in [7, 11) is 0. The number of aromatic nitrogens is 1. The monoisotopic (exact) mass is 472 g/mol. The molecule has 34 heavy (non-hydrogen) atoms. The molecule has 1 aromatic heterocycles. The van der Waals surface area contributed by atoms with Crippen LogP contribution < -0.4 is 14.8 Å². The van der Waals surface area contributed by atoms with E-state index in [1.807, 2.05) is 19.1 Å². The van der Waals surface area contributed by atoms with E-state index in [1.165, 1.54) is 18.5 Å². The van der Waals surface area contributed by atoms with Crippen LogP contribution in [0.4, 0.5) is 13.2 Å². The third-order valence-corrected chi connectivity index (χ3v) is 5.64. The van der Waals surface area contributed by atoms with Crippen LogP contribution in [-0.4, -0.2) is 42.0 Å². The van der Waals surface area contributed by atoms with Crippen LogP contribution in [0.1, 0.15) is 33.1 Å². The van der Waals surface area contributed by atoms with Gasteiger partial charge in [-0.05, 0) is 65.9 Å². The number of carboxylic acids is 1. The number of benzene rings is 2. The Hall–Kier alpha value is -3.59. The molecule has 0 saturated heterocycles. The lowest BCUT2D eigenvalue weighted by molar-refractivity contribution is -0.153. The number of hydrogen-bond acceptors (Lipinski definition) is 5. The van der Waals surface area contributed by atoms with Gasteiger partial charge < -0.3 is 19.9 Å². The van der Waals surface area contributed by atoms with E-state index < -0.39 is 18.8 Å². The number of halogens is 3. The Morgan fingerprint density at radius 1 is 1.18 bits per heavy atom. The van der Waals surface area contributed by atoms with E-state index >= 15 is 0 Å². The molecule has 0 spiro atoms. The molecule has 9 heteroatoms. The van der Waals surface area contributed by atoms with Crippen LogP contribution in [-0.2, 0) is 6.42 Å². The topological polar surface area (TPSA) is 80.7 Å². The van der Waals surface area contributed by atoms with E-state index in [4.69, 9.17) is 9.47 Å². The molecule has 0 aliphatic carbocycles. The highest BCUT2D eigenvalue weighted by Crippen LogP contribution is 2.32. The van der Waals surface area contributed by atoms with Gasteiger partial charge in [0.05, 0.1) is 12.2 Å². The summed E-state index contributed by atoms with van der Waals surface area (Å²) < 4.78 is 47.9. The average Bonchev–Trinajstić information content (AvgIpc) is 2.80. The number of carbonyl (C=O) groups is 1. The van der Waals surface area contributed by atoms with Crippen LogP contribution in [0.2, 0.25) is 0 Å². The van der Waals surface area contributed by atoms with E-state index in [2.05, 4.69) is 16.4 Å². The van der Waals surface area contributed by atoms with Crippen molar-refractivity contribution in [2.24, 2.45) is 0 Å². The second kappa shape index (κ2) is 9.72. The van der Waals surface area contributed by atoms with Gasteiger partial charge in [-0.15, -0.1) is 0 Å². The second-order valence-electron chi connectivity index (χ2n) is 8.04. The number of pyridine rings is 1. The first-order valence-electron chi connectivity index (χ1n) is 10.7. The first kappa shape index (κ1) is 23.6. The average molecular weight is 472 g/mol. The van der Waals surface area contributed by atoms with Gasteiger partial charge in [-0.1, -0.05) is 24.3 Å². The van der Waals surface area contributed by atoms with Gasteiger partial charge in [0, 0.05) is 6.20 Å². The molecule has 2 heterocycles. The highest BCUT2D eigenvalue weighted by Gasteiger charge is 2.28. The molecule has 1 atom stereocenters. The van der Waals surface area contributed by atoms with Crippen LogP contribution in [0, 0.1) is 6.92 Å². The number of aryl methyl sites for hydroxylation is 1. The third kappa shape index (κ3) is 5.48. The molecule has 178 valence electrons. The number of alkyl halides is 3. The maximum absolute atomic E-state index is 12.4. The van der Waals surface area contributed by atoms with Gasteiger partial charge in [0.25, 0.3) is 0 Å². The quantitative estimate of drug-likeness (QED) is 0.506. The largest absolute Gasteiger partial charge is 0.489 e. The SMILES string of the molecule is Cc1cc(OCC(F)(F)F)ccc1-c1ccc2c(c1)CCNC2COc1cnccc1C(=O)O. The van der Waals surface area contributed by atoms with E-state index in [0.29, 0.717) is 0 Å². The molecule has 1 unspecified atom stereocenters. The molecular formula is C25H23F3N2O4. The molecule has 0 saturated carbocycles. The fourth-order valence-corrected chi connectivity index (χ4v) is 4.03. The molecule has 2 N–H and O–H groups in total. The van der Waals surface area contributed by atoms with Crippen molar-refractivity contribution in [2.45, 2.75) is 25.6 Å². The van der Waals surface area contributed by atoms with Crippen molar-refractivity contribution in [3.63, 3.8) is 0 Å². The Labute approximate surface area is 194 Å². The predicted octanol–water partition coefficient (Wildman–Crippen LogP) is 4.96. The Kier molecular flexibility index (Phi) is 6.74. The molecule has 0 amide bonds. The van der Waals surface area contributed by atoms with E-state index in [9.17, 15) is 23.1 Å². The molecule has 2 aromatic carbocycles. The Morgan fingerprint density at radius 2 is 2.00 bits per heavy atom. The number of ether oxygens (including phenoxy) is 2. The highest BCUT2D eigenvalue weighted by atomic mass is 19.4. The predicted molar refractivity (Wildman–Crippen MR) is 119 cm³/mol. The number of nitrogens with one attached hydrogen (secondary N) is 1. The zero-order valence-electron chi connectivity index (χ0n) is 18.4. The van der Waals surface area contributed by atoms with Crippen LogP contribution in [0.3, 0.4) is 0 Å². The Balaban J connectivity index is 1.51. The summed E-state index contributed by atoms with van der Waals surface area (Å²) in [5, 5.41) is 12.7. The minimum atomic E-state index is -4.38. The second-order valence-corrected chi connectivity index (χ2v) is 8.04. The summed E-state index contributed by atoms with van der Waals surface area (Å²) in [4.78, 5) is 15.3. The van der Waals surface area contributed by atoms with E-state index in [0.717, 1.165) is 40.8 Å². The van der Waals surface area contributed by atoms with Crippen molar-refractivity contribution in [1.82, 2.24) is 10.3 Å². The molecule has 0 bridgehead atoms. The van der Waals surface area contributed by atoms with Gasteiger partial charge in [-0.25, -0.2) is 4.79 Å². The standard InChI is InChI=1S/C25H23F3N2O4/c1-15-10-18(34-14-25(26,27)28)3-5-19(15)16-2-4-20-17(11-16)6-9-30-22(20)13-33-23-12-29-8-7-21(23)24(31)32/h2-5,7-8,10-12,22,30H,6,9,13-14H2,1H3,(H,31,32). The summed E-state index contributed by atoms with van der Waals surface area (Å²) in [6.07, 6.45) is -0.783. The van der Waals surface area contributed by atoms with Crippen LogP contribution in [0.25, 0.3) is 11.1 Å². The summed E-state index contributed by atoms with van der Waals surface area (Å²) in [5.74, 6) is -0.692. The number of carboxylic acid groups (broad SMARTS) is 1. The summed E-state index contributed by atoms with van der Waals surface area (Å²) in [6.45, 7) is 1.48. The Morgan fingerprint density at radius 3 is 2.74 bits per heavy atom. The van der Waals surface area contributed by atoms with Crippen LogP contribution in [0.5, 0.6) is 11.5 Å². The van der Waals surface area contributed by atoms with Crippen molar-refractivity contribution >= 4 is 5.97 Å². The fourth-order valence-electron chi connectivity index (χ4n) is 4.03. The molecule has 4 rings (SSSR count). The van der Waals surface area contributed by atoms with Crippen LogP contribution >= 0.6 is 0 Å². The lowest BCUT2D eigenvalue weighted by Crippen LogP contribution is -2.33. The molecule has 3 aromatic rings. The smallest absolute Gasteiger partial charge is 0.422 e. The number of aromatic carboxylic acids is 1. The number of nitrogens with zero attached hydrogens (tertiary/aromatic N) is 1. The normalized spacial score (nSPS) is 15.5. The molecule has 0 radical (unpaired) electrons. The molecule has 1 aliphatic rings. The first-order valence-corrected chi connectivity index (χ1v) is 10.7. The number of hydrogen-bond donors (Lipinski definition) is 2. The fraction of sp³-hybridized carbons (Fsp3) is 0.280. The van der Waals surface area contributed by atoms with Crippen LogP contribution in [0.15, 0.2) is 54.9 Å². The van der Waals surface area contributed by atoms with Crippen molar-refractivity contribution < 1.29 is 32.5 Å². The lowest BCUT2D eigenvalue weighted by atomic mass is 9.90. The number of fused-ring (bicyclic) bond motifs is 1. The highest BCUT2D eigenvalue weighted by molar-refractivity contribution is 5.90. The molecular weight excluding hydrogens is 449 g/mol. The molecule has 0 fully saturated rings. The summed E-state index contributed by atoms with van der Waals surface area (Å²) >= 11 is 0. The maximum atomic E-state index is 12.4. The van der Waals surface area contributed by atoms with Gasteiger partial charge in [0.15, 0.2) is 12.4 Å². The Bertz CT molecular complexity index is 1200. The molecule has 6 nitrogen and oxygen atoms in total. The van der Waals surface area contributed by atoms with Crippen molar-refractivity contribution in [3.8, 4) is 22.6 Å². The van der Waals surface area contributed by atoms with Crippen molar-refractivity contribution in [3.05, 3.63) is 77.1 Å². The van der Waals surface area contributed by atoms with E-state index in [1.54, 1.807) is 18.2 Å². The number of rotatable bonds is 7.